The maximum Gasteiger partial charge on any atom is 0.573 e. The molecule has 94 valence electrons. The van der Waals surface area contributed by atoms with Crippen LogP contribution in [-0.4, -0.2) is 20.0 Å². The van der Waals surface area contributed by atoms with Crippen LogP contribution in [0.2, 0.25) is 0 Å². The van der Waals surface area contributed by atoms with Crippen molar-refractivity contribution in [3.63, 3.8) is 0 Å². The Bertz CT molecular complexity index is 374. The monoisotopic (exact) mass is 245 g/mol. The lowest BCUT2D eigenvalue weighted by Gasteiger charge is -2.09. The van der Waals surface area contributed by atoms with Crippen LogP contribution in [0, 0.1) is 5.92 Å². The summed E-state index contributed by atoms with van der Waals surface area (Å²) < 4.78 is 39.7. The molecule has 1 aliphatic rings. The summed E-state index contributed by atoms with van der Waals surface area (Å²) in [4.78, 5) is 0. The van der Waals surface area contributed by atoms with Crippen LogP contribution in [0.3, 0.4) is 0 Å². The number of alkyl halides is 3. The van der Waals surface area contributed by atoms with Crippen molar-refractivity contribution >= 4 is 0 Å². The van der Waals surface area contributed by atoms with Gasteiger partial charge in [0.2, 0.25) is 0 Å². The fourth-order valence-electron chi connectivity index (χ4n) is 2.06. The predicted molar refractivity (Wildman–Crippen MR) is 57.9 cm³/mol. The highest BCUT2D eigenvalue weighted by Gasteiger charge is 2.37. The lowest BCUT2D eigenvalue weighted by molar-refractivity contribution is -0.274. The number of halogens is 3. The molecule has 1 aromatic carbocycles. The van der Waals surface area contributed by atoms with Gasteiger partial charge < -0.3 is 10.1 Å². The standard InChI is InChI=1S/C12H14F3NO/c1-16-7-9-6-11(9)8-2-4-10(5-3-8)17-12(13,14)15/h2-5,9,11,16H,6-7H2,1H3/t9-,11-/m0/s1. The van der Waals surface area contributed by atoms with Gasteiger partial charge in [0, 0.05) is 0 Å². The Balaban J connectivity index is 1.95. The maximum absolute atomic E-state index is 11.9. The normalized spacial score (nSPS) is 23.5. The van der Waals surface area contributed by atoms with E-state index >= 15 is 0 Å². The lowest BCUT2D eigenvalue weighted by Crippen LogP contribution is -2.17. The first-order chi connectivity index (χ1) is 7.99. The van der Waals surface area contributed by atoms with Crippen LogP contribution in [-0.2, 0) is 0 Å². The van der Waals surface area contributed by atoms with Crippen LogP contribution in [0.1, 0.15) is 17.9 Å². The zero-order valence-corrected chi connectivity index (χ0v) is 9.42. The maximum atomic E-state index is 11.9. The number of nitrogens with one attached hydrogen (secondary N) is 1. The van der Waals surface area contributed by atoms with E-state index in [0.29, 0.717) is 11.8 Å². The van der Waals surface area contributed by atoms with Crippen molar-refractivity contribution in [1.82, 2.24) is 5.32 Å². The average Bonchev–Trinajstić information content (AvgIpc) is 2.96. The quantitative estimate of drug-likeness (QED) is 0.880. The highest BCUT2D eigenvalue weighted by atomic mass is 19.4. The summed E-state index contributed by atoms with van der Waals surface area (Å²) >= 11 is 0. The van der Waals surface area contributed by atoms with Gasteiger partial charge >= 0.3 is 6.36 Å². The Hall–Kier alpha value is -1.23. The first-order valence-corrected chi connectivity index (χ1v) is 5.50. The molecule has 1 saturated carbocycles. The van der Waals surface area contributed by atoms with Crippen molar-refractivity contribution in [3.8, 4) is 5.75 Å². The SMILES string of the molecule is CNC[C@@H]1C[C@H]1c1ccc(OC(F)(F)F)cc1. The first kappa shape index (κ1) is 12.2. The third kappa shape index (κ3) is 3.36. The van der Waals surface area contributed by atoms with Gasteiger partial charge in [0.1, 0.15) is 5.75 Å². The smallest absolute Gasteiger partial charge is 0.406 e. The molecule has 0 heterocycles. The molecule has 0 aliphatic heterocycles. The zero-order chi connectivity index (χ0) is 12.5. The molecule has 0 spiro atoms. The highest BCUT2D eigenvalue weighted by molar-refractivity contribution is 5.32. The number of rotatable bonds is 4. The molecule has 17 heavy (non-hydrogen) atoms. The van der Waals surface area contributed by atoms with Gasteiger partial charge in [0.25, 0.3) is 0 Å². The van der Waals surface area contributed by atoms with E-state index in [0.717, 1.165) is 18.5 Å². The molecule has 1 aromatic rings. The Labute approximate surface area is 97.8 Å². The Kier molecular flexibility index (Phi) is 3.28. The van der Waals surface area contributed by atoms with Crippen molar-refractivity contribution in [2.24, 2.45) is 5.92 Å². The summed E-state index contributed by atoms with van der Waals surface area (Å²) in [5.74, 6) is 0.920. The average molecular weight is 245 g/mol. The van der Waals surface area contributed by atoms with Gasteiger partial charge in [-0.05, 0) is 49.5 Å². The zero-order valence-electron chi connectivity index (χ0n) is 9.42. The molecule has 0 bridgehead atoms. The molecule has 0 amide bonds. The Morgan fingerprint density at radius 1 is 1.29 bits per heavy atom. The number of ether oxygens (including phenoxy) is 1. The van der Waals surface area contributed by atoms with Crippen LogP contribution in [0.15, 0.2) is 24.3 Å². The summed E-state index contributed by atoms with van der Waals surface area (Å²) in [6, 6.07) is 6.16. The minimum atomic E-state index is -4.62. The third-order valence-corrected chi connectivity index (χ3v) is 2.93. The molecule has 5 heteroatoms. The van der Waals surface area contributed by atoms with E-state index in [1.54, 1.807) is 12.1 Å². The second kappa shape index (κ2) is 4.56. The van der Waals surface area contributed by atoms with Gasteiger partial charge in [0.05, 0.1) is 0 Å². The third-order valence-electron chi connectivity index (χ3n) is 2.93. The first-order valence-electron chi connectivity index (χ1n) is 5.50. The number of hydrogen-bond donors (Lipinski definition) is 1. The van der Waals surface area contributed by atoms with E-state index in [9.17, 15) is 13.2 Å². The fraction of sp³-hybridized carbons (Fsp3) is 0.500. The molecular weight excluding hydrogens is 231 g/mol. The van der Waals surface area contributed by atoms with E-state index in [2.05, 4.69) is 10.1 Å². The molecule has 1 fully saturated rings. The van der Waals surface area contributed by atoms with E-state index in [4.69, 9.17) is 0 Å². The molecule has 0 radical (unpaired) electrons. The summed E-state index contributed by atoms with van der Waals surface area (Å²) in [7, 11) is 1.90. The van der Waals surface area contributed by atoms with Crippen molar-refractivity contribution in [2.45, 2.75) is 18.7 Å². The summed E-state index contributed by atoms with van der Waals surface area (Å²) in [5, 5.41) is 3.10. The van der Waals surface area contributed by atoms with Crippen LogP contribution in [0.25, 0.3) is 0 Å². The summed E-state index contributed by atoms with van der Waals surface area (Å²) in [5.41, 5.74) is 1.08. The second-order valence-corrected chi connectivity index (χ2v) is 4.28. The molecule has 2 atom stereocenters. The Morgan fingerprint density at radius 3 is 2.47 bits per heavy atom. The molecule has 2 rings (SSSR count). The Morgan fingerprint density at radius 2 is 1.94 bits per heavy atom. The second-order valence-electron chi connectivity index (χ2n) is 4.28. The van der Waals surface area contributed by atoms with Crippen molar-refractivity contribution < 1.29 is 17.9 Å². The van der Waals surface area contributed by atoms with Crippen LogP contribution < -0.4 is 10.1 Å². The van der Waals surface area contributed by atoms with Gasteiger partial charge in [-0.25, -0.2) is 0 Å². The lowest BCUT2D eigenvalue weighted by atomic mass is 10.1. The van der Waals surface area contributed by atoms with Crippen LogP contribution in [0.5, 0.6) is 5.75 Å². The minimum Gasteiger partial charge on any atom is -0.406 e. The number of hydrogen-bond acceptors (Lipinski definition) is 2. The van der Waals surface area contributed by atoms with Gasteiger partial charge in [-0.3, -0.25) is 0 Å². The van der Waals surface area contributed by atoms with E-state index in [-0.39, 0.29) is 5.75 Å². The van der Waals surface area contributed by atoms with Crippen molar-refractivity contribution in [2.75, 3.05) is 13.6 Å². The van der Waals surface area contributed by atoms with Crippen LogP contribution in [0.4, 0.5) is 13.2 Å². The molecule has 0 unspecified atom stereocenters. The molecule has 1 N–H and O–H groups in total. The van der Waals surface area contributed by atoms with Crippen molar-refractivity contribution in [3.05, 3.63) is 29.8 Å². The van der Waals surface area contributed by atoms with Crippen LogP contribution >= 0.6 is 0 Å². The molecule has 2 nitrogen and oxygen atoms in total. The van der Waals surface area contributed by atoms with Gasteiger partial charge in [-0.1, -0.05) is 12.1 Å². The molecule has 1 aliphatic carbocycles. The van der Waals surface area contributed by atoms with E-state index in [1.165, 1.54) is 12.1 Å². The van der Waals surface area contributed by atoms with Crippen molar-refractivity contribution in [1.29, 1.82) is 0 Å². The van der Waals surface area contributed by atoms with Gasteiger partial charge in [-0.15, -0.1) is 13.2 Å². The predicted octanol–water partition coefficient (Wildman–Crippen LogP) is 2.91. The fourth-order valence-corrected chi connectivity index (χ4v) is 2.06. The topological polar surface area (TPSA) is 21.3 Å². The van der Waals surface area contributed by atoms with E-state index < -0.39 is 6.36 Å². The number of benzene rings is 1. The largest absolute Gasteiger partial charge is 0.573 e. The molecule has 0 saturated heterocycles. The summed E-state index contributed by atoms with van der Waals surface area (Å²) in [6.45, 7) is 0.950. The van der Waals surface area contributed by atoms with Gasteiger partial charge in [0.15, 0.2) is 0 Å². The molecule has 0 aromatic heterocycles. The van der Waals surface area contributed by atoms with E-state index in [1.807, 2.05) is 7.05 Å². The molecular formula is C12H14F3NO. The summed E-state index contributed by atoms with van der Waals surface area (Å²) in [6.07, 6.45) is -3.52. The van der Waals surface area contributed by atoms with Gasteiger partial charge in [-0.2, -0.15) is 0 Å². The minimum absolute atomic E-state index is 0.160. The highest BCUT2D eigenvalue weighted by Crippen LogP contribution is 2.47.